The number of anilines is 1. The van der Waals surface area contributed by atoms with Crippen LogP contribution in [0.25, 0.3) is 32.9 Å². The van der Waals surface area contributed by atoms with Gasteiger partial charge < -0.3 is 34.4 Å². The smallest absolute Gasteiger partial charge is 0.319 e. The van der Waals surface area contributed by atoms with Crippen LogP contribution >= 0.6 is 0 Å². The van der Waals surface area contributed by atoms with Crippen molar-refractivity contribution in [3.05, 3.63) is 53.9 Å². The largest absolute Gasteiger partial charge is 0.508 e. The van der Waals surface area contributed by atoms with E-state index in [1.54, 1.807) is 17.9 Å². The number of aliphatic hydroxyl groups excluding tert-OH is 1. The van der Waals surface area contributed by atoms with Crippen molar-refractivity contribution in [2.45, 2.75) is 50.4 Å². The van der Waals surface area contributed by atoms with Crippen LogP contribution in [0.5, 0.6) is 17.6 Å². The molecule has 6 rings (SSSR count). The first-order chi connectivity index (χ1) is 23.4. The van der Waals surface area contributed by atoms with Crippen LogP contribution in [-0.4, -0.2) is 106 Å². The standard InChI is InChI=1S/C35H40F3N5O6/c1-5-9-35(12-20(13-36)14-42(35)3)19-49-33-40-30-27(31(41-33)43-15-23(16-44)48-18-34(2,46)17-43)32(47-4)39-29(28(30)38)24-11-22(45)10-21-7-6-8-25(37)26(21)24/h6-8,10-11,13,23,44-46H,5,9,12,14-19H2,1-4H3/b20-13-. The first-order valence-corrected chi connectivity index (χ1v) is 16.1. The maximum atomic E-state index is 17.0. The summed E-state index contributed by atoms with van der Waals surface area (Å²) in [6.07, 6.45) is 1.79. The number of aromatic hydroxyl groups is 1. The number of likely N-dealkylation sites (N-methyl/N-ethyl adjacent to an activating group) is 1. The minimum Gasteiger partial charge on any atom is -0.508 e. The molecular weight excluding hydrogens is 643 g/mol. The highest BCUT2D eigenvalue weighted by Gasteiger charge is 2.42. The number of aromatic nitrogens is 3. The Morgan fingerprint density at radius 1 is 1.16 bits per heavy atom. The SMILES string of the molecule is CCCC1(COc2nc(N3CC(CO)OCC(C)(O)C3)c3c(OC)nc(-c4cc(O)cc5cccc(F)c45)c(F)c3n2)C/C(=C/F)CN1C. The number of phenolic OH excluding ortho intramolecular Hbond substituents is 1. The van der Waals surface area contributed by atoms with Crippen LogP contribution in [-0.2, 0) is 4.74 Å². The third kappa shape index (κ3) is 6.57. The maximum absolute atomic E-state index is 17.0. The number of nitrogens with zero attached hydrogens (tertiary/aromatic N) is 5. The first-order valence-electron chi connectivity index (χ1n) is 16.1. The Morgan fingerprint density at radius 3 is 2.65 bits per heavy atom. The molecule has 0 amide bonds. The third-order valence-corrected chi connectivity index (χ3v) is 9.31. The average Bonchev–Trinajstić information content (AvgIpc) is 3.29. The number of ether oxygens (including phenoxy) is 3. The zero-order valence-electron chi connectivity index (χ0n) is 27.8. The van der Waals surface area contributed by atoms with Crippen molar-refractivity contribution in [2.75, 3.05) is 58.5 Å². The first kappa shape index (κ1) is 34.6. The second-order valence-corrected chi connectivity index (χ2v) is 13.2. The minimum absolute atomic E-state index is 0.0279. The van der Waals surface area contributed by atoms with Gasteiger partial charge in [0.15, 0.2) is 5.82 Å². The summed E-state index contributed by atoms with van der Waals surface area (Å²) < 4.78 is 63.6. The Labute approximate surface area is 281 Å². The highest BCUT2D eigenvalue weighted by Crippen LogP contribution is 2.42. The van der Waals surface area contributed by atoms with E-state index >= 15 is 8.78 Å². The summed E-state index contributed by atoms with van der Waals surface area (Å²) in [6, 6.07) is 6.67. The number of halogens is 3. The van der Waals surface area contributed by atoms with Gasteiger partial charge in [0.25, 0.3) is 0 Å². The Balaban J connectivity index is 1.58. The fraction of sp³-hybridized carbons (Fsp3) is 0.457. The molecule has 262 valence electrons. The predicted molar refractivity (Wildman–Crippen MR) is 178 cm³/mol. The van der Waals surface area contributed by atoms with E-state index in [4.69, 9.17) is 19.2 Å². The Hall–Kier alpha value is -4.24. The number of methoxy groups -OCH3 is 1. The van der Waals surface area contributed by atoms with Gasteiger partial charge in [-0.05, 0) is 56.0 Å². The predicted octanol–water partition coefficient (Wildman–Crippen LogP) is 4.89. The van der Waals surface area contributed by atoms with Crippen molar-refractivity contribution < 1.29 is 42.7 Å². The molecule has 2 saturated heterocycles. The lowest BCUT2D eigenvalue weighted by molar-refractivity contribution is -0.0528. The van der Waals surface area contributed by atoms with Crippen molar-refractivity contribution >= 4 is 27.5 Å². The lowest BCUT2D eigenvalue weighted by Gasteiger charge is -2.35. The van der Waals surface area contributed by atoms with Gasteiger partial charge >= 0.3 is 6.01 Å². The van der Waals surface area contributed by atoms with E-state index in [9.17, 15) is 19.7 Å². The number of aliphatic hydroxyl groups is 2. The second-order valence-electron chi connectivity index (χ2n) is 13.2. The van der Waals surface area contributed by atoms with Gasteiger partial charge in [-0.2, -0.15) is 9.97 Å². The topological polar surface area (TPSA) is 134 Å². The van der Waals surface area contributed by atoms with Gasteiger partial charge in [0, 0.05) is 24.0 Å². The molecule has 0 bridgehead atoms. The quantitative estimate of drug-likeness (QED) is 0.223. The molecule has 0 saturated carbocycles. The highest BCUT2D eigenvalue weighted by molar-refractivity contribution is 6.02. The zero-order chi connectivity index (χ0) is 35.1. The van der Waals surface area contributed by atoms with Crippen molar-refractivity contribution in [3.8, 4) is 28.9 Å². The number of hydrogen-bond donors (Lipinski definition) is 3. The van der Waals surface area contributed by atoms with Crippen molar-refractivity contribution in [1.82, 2.24) is 19.9 Å². The van der Waals surface area contributed by atoms with Crippen LogP contribution in [0.1, 0.15) is 33.1 Å². The molecule has 0 spiro atoms. The van der Waals surface area contributed by atoms with Crippen molar-refractivity contribution in [3.63, 3.8) is 0 Å². The summed E-state index contributed by atoms with van der Waals surface area (Å²) in [4.78, 5) is 17.3. The maximum Gasteiger partial charge on any atom is 0.319 e. The normalized spacial score (nSPS) is 24.2. The molecule has 3 atom stereocenters. The van der Waals surface area contributed by atoms with Gasteiger partial charge in [-0.3, -0.25) is 4.90 Å². The van der Waals surface area contributed by atoms with Crippen LogP contribution < -0.4 is 14.4 Å². The summed E-state index contributed by atoms with van der Waals surface area (Å²) in [6.45, 7) is 3.64. The van der Waals surface area contributed by atoms with E-state index in [1.165, 1.54) is 31.4 Å². The molecule has 14 heteroatoms. The van der Waals surface area contributed by atoms with Crippen LogP contribution in [0.15, 0.2) is 42.2 Å². The molecule has 2 aliphatic rings. The number of benzene rings is 2. The second kappa shape index (κ2) is 13.6. The summed E-state index contributed by atoms with van der Waals surface area (Å²) >= 11 is 0. The van der Waals surface area contributed by atoms with Crippen molar-refractivity contribution in [1.29, 1.82) is 0 Å². The Morgan fingerprint density at radius 2 is 1.96 bits per heavy atom. The molecule has 3 N–H and O–H groups in total. The van der Waals surface area contributed by atoms with E-state index in [0.29, 0.717) is 36.7 Å². The number of phenols is 1. The Bertz CT molecular complexity index is 1910. The lowest BCUT2D eigenvalue weighted by Crippen LogP contribution is -2.46. The van der Waals surface area contributed by atoms with Crippen LogP contribution in [0, 0.1) is 11.6 Å². The van der Waals surface area contributed by atoms with E-state index in [1.807, 2.05) is 18.9 Å². The highest BCUT2D eigenvalue weighted by atomic mass is 19.1. The van der Waals surface area contributed by atoms with Gasteiger partial charge in [-0.25, -0.2) is 18.2 Å². The van der Waals surface area contributed by atoms with Gasteiger partial charge in [-0.1, -0.05) is 25.5 Å². The number of likely N-dealkylation sites (tertiary alicyclic amines) is 1. The summed E-state index contributed by atoms with van der Waals surface area (Å²) in [5.74, 6) is -1.85. The van der Waals surface area contributed by atoms with Gasteiger partial charge in [0.05, 0.1) is 44.8 Å². The summed E-state index contributed by atoms with van der Waals surface area (Å²) in [7, 11) is 3.22. The molecular formula is C35H40F3N5O6. The third-order valence-electron chi connectivity index (χ3n) is 9.31. The lowest BCUT2D eigenvalue weighted by atomic mass is 9.91. The monoisotopic (exact) mass is 683 g/mol. The molecule has 2 aromatic carbocycles. The minimum atomic E-state index is -1.40. The molecule has 2 aromatic heterocycles. The molecule has 49 heavy (non-hydrogen) atoms. The fourth-order valence-electron chi connectivity index (χ4n) is 7.00. The zero-order valence-corrected chi connectivity index (χ0v) is 27.8. The average molecular weight is 684 g/mol. The molecule has 4 aromatic rings. The van der Waals surface area contributed by atoms with Crippen LogP contribution in [0.2, 0.25) is 0 Å². The van der Waals surface area contributed by atoms with E-state index < -0.39 is 28.9 Å². The molecule has 2 aliphatic heterocycles. The van der Waals surface area contributed by atoms with Gasteiger partial charge in [0.1, 0.15) is 46.2 Å². The van der Waals surface area contributed by atoms with Gasteiger partial charge in [-0.15, -0.1) is 0 Å². The number of pyridine rings is 1. The molecule has 3 unspecified atom stereocenters. The number of fused-ring (bicyclic) bond motifs is 2. The van der Waals surface area contributed by atoms with Crippen molar-refractivity contribution in [2.24, 2.45) is 0 Å². The summed E-state index contributed by atoms with van der Waals surface area (Å²) in [5, 5.41) is 32.1. The van der Waals surface area contributed by atoms with E-state index in [-0.39, 0.29) is 83.9 Å². The molecule has 0 aliphatic carbocycles. The summed E-state index contributed by atoms with van der Waals surface area (Å²) in [5.41, 5.74) is -1.98. The number of rotatable bonds is 9. The van der Waals surface area contributed by atoms with Crippen LogP contribution in [0.4, 0.5) is 19.0 Å². The number of β-amino-alcohol motifs (C(OH)–C–C–N with tert-alkyl or cyclic N) is 1. The molecule has 0 radical (unpaired) electrons. The molecule has 11 nitrogen and oxygen atoms in total. The van der Waals surface area contributed by atoms with E-state index in [0.717, 1.165) is 6.42 Å². The molecule has 4 heterocycles. The Kier molecular flexibility index (Phi) is 9.59. The fourth-order valence-corrected chi connectivity index (χ4v) is 7.00. The molecule has 2 fully saturated rings. The number of hydrogen-bond acceptors (Lipinski definition) is 11. The van der Waals surface area contributed by atoms with Crippen LogP contribution in [0.3, 0.4) is 0 Å². The van der Waals surface area contributed by atoms with E-state index in [2.05, 4.69) is 9.97 Å². The van der Waals surface area contributed by atoms with Gasteiger partial charge in [0.2, 0.25) is 5.88 Å².